The van der Waals surface area contributed by atoms with Gasteiger partial charge in [0.25, 0.3) is 0 Å². The highest BCUT2D eigenvalue weighted by molar-refractivity contribution is 5.80. The zero-order valence-corrected chi connectivity index (χ0v) is 14.1. The summed E-state index contributed by atoms with van der Waals surface area (Å²) in [7, 11) is 0. The van der Waals surface area contributed by atoms with Crippen LogP contribution in [0.15, 0.2) is 24.3 Å². The number of hydrogen-bond acceptors (Lipinski definition) is 5. The van der Waals surface area contributed by atoms with E-state index in [2.05, 4.69) is 10.2 Å². The third-order valence-corrected chi connectivity index (χ3v) is 5.44. The zero-order chi connectivity index (χ0) is 16.4. The lowest BCUT2D eigenvalue weighted by Crippen LogP contribution is -2.28. The molecule has 128 valence electrons. The second-order valence-electron chi connectivity index (χ2n) is 7.03. The van der Waals surface area contributed by atoms with E-state index in [0.29, 0.717) is 12.0 Å². The average Bonchev–Trinajstić information content (AvgIpc) is 3.27. The van der Waals surface area contributed by atoms with Crippen LogP contribution in [0.4, 0.5) is 11.6 Å². The van der Waals surface area contributed by atoms with Gasteiger partial charge in [-0.3, -0.25) is 0 Å². The van der Waals surface area contributed by atoms with Gasteiger partial charge in [0.15, 0.2) is 11.6 Å². The highest BCUT2D eigenvalue weighted by Gasteiger charge is 2.29. The molecule has 2 aliphatic rings. The van der Waals surface area contributed by atoms with E-state index in [9.17, 15) is 5.11 Å². The summed E-state index contributed by atoms with van der Waals surface area (Å²) in [6.07, 6.45) is 6.89. The first-order valence-corrected chi connectivity index (χ1v) is 9.24. The van der Waals surface area contributed by atoms with Crippen molar-refractivity contribution in [2.75, 3.05) is 29.9 Å². The summed E-state index contributed by atoms with van der Waals surface area (Å²) in [5.74, 6) is 2.46. The van der Waals surface area contributed by atoms with Gasteiger partial charge in [-0.15, -0.1) is 0 Å². The number of fused-ring (bicyclic) bond motifs is 1. The van der Waals surface area contributed by atoms with Gasteiger partial charge in [-0.2, -0.15) is 0 Å². The van der Waals surface area contributed by atoms with E-state index in [1.807, 2.05) is 24.3 Å². The Bertz CT molecular complexity index is 699. The van der Waals surface area contributed by atoms with Crippen molar-refractivity contribution < 1.29 is 5.11 Å². The van der Waals surface area contributed by atoms with Gasteiger partial charge in [0.05, 0.1) is 11.0 Å². The Hall–Kier alpha value is -1.88. The molecule has 2 aromatic rings. The molecule has 0 spiro atoms. The molecule has 1 aliphatic heterocycles. The van der Waals surface area contributed by atoms with Gasteiger partial charge >= 0.3 is 0 Å². The minimum Gasteiger partial charge on any atom is -0.396 e. The van der Waals surface area contributed by atoms with Crippen molar-refractivity contribution in [2.24, 2.45) is 5.92 Å². The van der Waals surface area contributed by atoms with Crippen molar-refractivity contribution in [3.63, 3.8) is 0 Å². The summed E-state index contributed by atoms with van der Waals surface area (Å²) in [5.41, 5.74) is 1.91. The summed E-state index contributed by atoms with van der Waals surface area (Å²) in [6.45, 7) is 2.39. The highest BCUT2D eigenvalue weighted by atomic mass is 16.3. The number of rotatable bonds is 5. The van der Waals surface area contributed by atoms with E-state index in [4.69, 9.17) is 9.97 Å². The van der Waals surface area contributed by atoms with Crippen molar-refractivity contribution in [3.8, 4) is 0 Å². The van der Waals surface area contributed by atoms with Crippen LogP contribution in [0.25, 0.3) is 11.0 Å². The maximum atomic E-state index is 9.32. The molecule has 5 nitrogen and oxygen atoms in total. The van der Waals surface area contributed by atoms with E-state index < -0.39 is 0 Å². The van der Waals surface area contributed by atoms with Crippen LogP contribution in [-0.4, -0.2) is 40.8 Å². The molecule has 2 heterocycles. The Kier molecular flexibility index (Phi) is 4.52. The molecule has 1 aromatic carbocycles. The minimum atomic E-state index is 0.269. The quantitative estimate of drug-likeness (QED) is 0.883. The van der Waals surface area contributed by atoms with Gasteiger partial charge in [0, 0.05) is 25.7 Å². The lowest BCUT2D eigenvalue weighted by atomic mass is 10.00. The molecule has 2 atom stereocenters. The number of para-hydroxylation sites is 2. The standard InChI is InChI=1S/C19H26N4O/c24-13-10-14-6-5-9-15(14)20-18-19(23-11-3-4-12-23)22-17-8-2-1-7-16(17)21-18/h1-2,7-8,14-15,24H,3-6,9-13H2,(H,20,21). The van der Waals surface area contributed by atoms with E-state index in [1.165, 1.54) is 25.7 Å². The van der Waals surface area contributed by atoms with Gasteiger partial charge in [-0.1, -0.05) is 18.6 Å². The lowest BCUT2D eigenvalue weighted by Gasteiger charge is -2.25. The van der Waals surface area contributed by atoms with E-state index in [1.54, 1.807) is 0 Å². The zero-order valence-electron chi connectivity index (χ0n) is 14.1. The van der Waals surface area contributed by atoms with Crippen molar-refractivity contribution >= 4 is 22.7 Å². The van der Waals surface area contributed by atoms with Crippen molar-refractivity contribution in [3.05, 3.63) is 24.3 Å². The fourth-order valence-corrected chi connectivity index (χ4v) is 4.15. The molecule has 1 saturated carbocycles. The normalized spacial score (nSPS) is 24.0. The van der Waals surface area contributed by atoms with Crippen LogP contribution >= 0.6 is 0 Å². The molecule has 1 aliphatic carbocycles. The number of aromatic nitrogens is 2. The molecule has 1 aromatic heterocycles. The summed E-state index contributed by atoms with van der Waals surface area (Å²) in [6, 6.07) is 8.50. The largest absolute Gasteiger partial charge is 0.396 e. The maximum Gasteiger partial charge on any atom is 0.172 e. The lowest BCUT2D eigenvalue weighted by molar-refractivity contribution is 0.254. The van der Waals surface area contributed by atoms with Crippen LogP contribution < -0.4 is 10.2 Å². The Balaban J connectivity index is 1.68. The summed E-state index contributed by atoms with van der Waals surface area (Å²) < 4.78 is 0. The van der Waals surface area contributed by atoms with Gasteiger partial charge in [0.2, 0.25) is 0 Å². The predicted molar refractivity (Wildman–Crippen MR) is 97.4 cm³/mol. The second kappa shape index (κ2) is 6.93. The molecular weight excluding hydrogens is 300 g/mol. The number of benzene rings is 1. The molecule has 2 unspecified atom stereocenters. The fourth-order valence-electron chi connectivity index (χ4n) is 4.15. The Morgan fingerprint density at radius 2 is 1.79 bits per heavy atom. The van der Waals surface area contributed by atoms with E-state index in [-0.39, 0.29) is 6.61 Å². The van der Waals surface area contributed by atoms with E-state index >= 15 is 0 Å². The summed E-state index contributed by atoms with van der Waals surface area (Å²) in [4.78, 5) is 12.2. The molecule has 2 N–H and O–H groups in total. The van der Waals surface area contributed by atoms with Crippen molar-refractivity contribution in [1.29, 1.82) is 0 Å². The Morgan fingerprint density at radius 3 is 2.54 bits per heavy atom. The molecule has 0 amide bonds. The molecule has 24 heavy (non-hydrogen) atoms. The van der Waals surface area contributed by atoms with Gasteiger partial charge in [0.1, 0.15) is 0 Å². The maximum absolute atomic E-state index is 9.32. The number of hydrogen-bond donors (Lipinski definition) is 2. The third-order valence-electron chi connectivity index (χ3n) is 5.44. The van der Waals surface area contributed by atoms with Crippen molar-refractivity contribution in [1.82, 2.24) is 9.97 Å². The predicted octanol–water partition coefficient (Wildman–Crippen LogP) is 3.19. The number of nitrogens with one attached hydrogen (secondary N) is 1. The topological polar surface area (TPSA) is 61.3 Å². The fraction of sp³-hybridized carbons (Fsp3) is 0.579. The molecule has 0 radical (unpaired) electrons. The van der Waals surface area contributed by atoms with Gasteiger partial charge in [-0.25, -0.2) is 9.97 Å². The van der Waals surface area contributed by atoms with Crippen LogP contribution in [0.1, 0.15) is 38.5 Å². The number of nitrogens with zero attached hydrogens (tertiary/aromatic N) is 3. The van der Waals surface area contributed by atoms with Crippen LogP contribution in [0, 0.1) is 5.92 Å². The third kappa shape index (κ3) is 3.05. The first kappa shape index (κ1) is 15.6. The van der Waals surface area contributed by atoms with E-state index in [0.717, 1.165) is 48.6 Å². The molecular formula is C19H26N4O. The number of aliphatic hydroxyl groups excluding tert-OH is 1. The van der Waals surface area contributed by atoms with Crippen LogP contribution in [-0.2, 0) is 0 Å². The number of anilines is 2. The SMILES string of the molecule is OCCC1CCCC1Nc1nc2ccccc2nc1N1CCCC1. The average molecular weight is 326 g/mol. The molecule has 1 saturated heterocycles. The molecule has 2 fully saturated rings. The molecule has 5 heteroatoms. The Morgan fingerprint density at radius 1 is 1.04 bits per heavy atom. The smallest absolute Gasteiger partial charge is 0.172 e. The first-order valence-electron chi connectivity index (χ1n) is 9.24. The number of aliphatic hydroxyl groups is 1. The van der Waals surface area contributed by atoms with Crippen LogP contribution in [0.5, 0.6) is 0 Å². The van der Waals surface area contributed by atoms with Crippen LogP contribution in [0.3, 0.4) is 0 Å². The summed E-state index contributed by atoms with van der Waals surface area (Å²) >= 11 is 0. The molecule has 0 bridgehead atoms. The first-order chi connectivity index (χ1) is 11.8. The second-order valence-corrected chi connectivity index (χ2v) is 7.03. The highest BCUT2D eigenvalue weighted by Crippen LogP contribution is 2.34. The van der Waals surface area contributed by atoms with Gasteiger partial charge in [-0.05, 0) is 50.2 Å². The van der Waals surface area contributed by atoms with Gasteiger partial charge < -0.3 is 15.3 Å². The van der Waals surface area contributed by atoms with Crippen molar-refractivity contribution in [2.45, 2.75) is 44.6 Å². The van der Waals surface area contributed by atoms with Crippen LogP contribution in [0.2, 0.25) is 0 Å². The minimum absolute atomic E-state index is 0.269. The summed E-state index contributed by atoms with van der Waals surface area (Å²) in [5, 5.41) is 13.0. The Labute approximate surface area is 143 Å². The monoisotopic (exact) mass is 326 g/mol. The molecule has 4 rings (SSSR count).